The zero-order chi connectivity index (χ0) is 14.0. The summed E-state index contributed by atoms with van der Waals surface area (Å²) in [5.41, 5.74) is -0.976. The Labute approximate surface area is 119 Å². The summed E-state index contributed by atoms with van der Waals surface area (Å²) in [6.45, 7) is 2.54. The van der Waals surface area contributed by atoms with Gasteiger partial charge in [0.1, 0.15) is 5.54 Å². The molecule has 3 amide bonds. The number of carbonyl (C=O) groups is 2. The number of ether oxygens (including phenoxy) is 1. The largest absolute Gasteiger partial charge is 0.382 e. The third kappa shape index (κ3) is 2.79. The summed E-state index contributed by atoms with van der Waals surface area (Å²) in [5.74, 6) is -0.273. The molecule has 19 heavy (non-hydrogen) atoms. The highest BCUT2D eigenvalue weighted by molar-refractivity contribution is 9.10. The van der Waals surface area contributed by atoms with Crippen molar-refractivity contribution in [1.29, 1.82) is 0 Å². The lowest BCUT2D eigenvalue weighted by Crippen LogP contribution is -2.48. The first-order valence-corrected chi connectivity index (χ1v) is 6.56. The van der Waals surface area contributed by atoms with Crippen LogP contribution < -0.4 is 5.32 Å². The van der Waals surface area contributed by atoms with Crippen LogP contribution >= 0.6 is 15.9 Å². The summed E-state index contributed by atoms with van der Waals surface area (Å²) in [7, 11) is 1.49. The average molecular weight is 331 g/mol. The van der Waals surface area contributed by atoms with Gasteiger partial charge in [0.15, 0.2) is 0 Å². The maximum absolute atomic E-state index is 12.2. The molecule has 1 unspecified atom stereocenters. The molecule has 7 nitrogen and oxygen atoms in total. The van der Waals surface area contributed by atoms with Crippen molar-refractivity contribution < 1.29 is 14.3 Å². The number of aromatic nitrogens is 2. The Morgan fingerprint density at radius 3 is 2.79 bits per heavy atom. The summed E-state index contributed by atoms with van der Waals surface area (Å²) in [6.07, 6.45) is 3.44. The van der Waals surface area contributed by atoms with E-state index in [4.69, 9.17) is 4.74 Å². The zero-order valence-electron chi connectivity index (χ0n) is 10.7. The fraction of sp³-hybridized carbons (Fsp3) is 0.545. The lowest BCUT2D eigenvalue weighted by molar-refractivity contribution is -0.132. The second-order valence-electron chi connectivity index (χ2n) is 4.57. The molecular weight excluding hydrogens is 316 g/mol. The van der Waals surface area contributed by atoms with Gasteiger partial charge in [-0.15, -0.1) is 0 Å². The Hall–Kier alpha value is -1.41. The maximum atomic E-state index is 12.2. The average Bonchev–Trinajstić information content (AvgIpc) is 2.82. The Bertz CT molecular complexity index is 504. The molecule has 0 aliphatic carbocycles. The maximum Gasteiger partial charge on any atom is 0.325 e. The quantitative estimate of drug-likeness (QED) is 0.802. The second-order valence-corrected chi connectivity index (χ2v) is 5.49. The molecule has 0 aromatic carbocycles. The molecule has 104 valence electrons. The van der Waals surface area contributed by atoms with Gasteiger partial charge in [0.2, 0.25) is 0 Å². The number of rotatable bonds is 5. The van der Waals surface area contributed by atoms with E-state index in [0.29, 0.717) is 6.54 Å². The molecule has 1 aromatic heterocycles. The summed E-state index contributed by atoms with van der Waals surface area (Å²) >= 11 is 3.29. The molecule has 1 fully saturated rings. The van der Waals surface area contributed by atoms with E-state index in [-0.39, 0.29) is 19.1 Å². The lowest BCUT2D eigenvalue weighted by atomic mass is 10.0. The van der Waals surface area contributed by atoms with Gasteiger partial charge in [-0.3, -0.25) is 14.4 Å². The lowest BCUT2D eigenvalue weighted by Gasteiger charge is -2.20. The number of imide groups is 1. The van der Waals surface area contributed by atoms with Gasteiger partial charge in [-0.1, -0.05) is 0 Å². The van der Waals surface area contributed by atoms with E-state index in [9.17, 15) is 9.59 Å². The number of halogens is 1. The van der Waals surface area contributed by atoms with E-state index < -0.39 is 11.6 Å². The summed E-state index contributed by atoms with van der Waals surface area (Å²) in [6, 6.07) is -0.393. The molecule has 0 bridgehead atoms. The second kappa shape index (κ2) is 5.30. The number of hydrogen-bond acceptors (Lipinski definition) is 4. The monoisotopic (exact) mass is 330 g/mol. The molecule has 8 heteroatoms. The molecule has 1 aliphatic rings. The predicted molar refractivity (Wildman–Crippen MR) is 70.5 cm³/mol. The van der Waals surface area contributed by atoms with Crippen molar-refractivity contribution in [3.05, 3.63) is 16.9 Å². The summed E-state index contributed by atoms with van der Waals surface area (Å²) < 4.78 is 7.49. The van der Waals surface area contributed by atoms with E-state index in [2.05, 4.69) is 26.3 Å². The van der Waals surface area contributed by atoms with Gasteiger partial charge in [0.05, 0.1) is 30.4 Å². The molecule has 0 spiro atoms. The first-order chi connectivity index (χ1) is 8.96. The Morgan fingerprint density at radius 2 is 2.21 bits per heavy atom. The predicted octanol–water partition coefficient (Wildman–Crippen LogP) is 0.602. The van der Waals surface area contributed by atoms with E-state index in [0.717, 1.165) is 4.47 Å². The molecule has 1 aliphatic heterocycles. The molecule has 0 saturated carbocycles. The standard InChI is InChI=1S/C11H15BrN4O3/c1-11(7-19-2)9(17)16(10(18)14-11)4-3-15-6-8(12)5-13-15/h5-6H,3-4,7H2,1-2H3,(H,14,18). The number of methoxy groups -OCH3 is 1. The number of nitrogens with zero attached hydrogens (tertiary/aromatic N) is 3. The smallest absolute Gasteiger partial charge is 0.325 e. The van der Waals surface area contributed by atoms with Gasteiger partial charge in [-0.25, -0.2) is 4.79 Å². The van der Waals surface area contributed by atoms with Gasteiger partial charge in [-0.05, 0) is 22.9 Å². The van der Waals surface area contributed by atoms with E-state index in [1.807, 2.05) is 0 Å². The topological polar surface area (TPSA) is 76.5 Å². The van der Waals surface area contributed by atoms with Crippen LogP contribution in [0.4, 0.5) is 4.79 Å². The minimum absolute atomic E-state index is 0.154. The van der Waals surface area contributed by atoms with Gasteiger partial charge >= 0.3 is 6.03 Å². The number of urea groups is 1. The normalized spacial score (nSPS) is 23.0. The van der Waals surface area contributed by atoms with Gasteiger partial charge in [0.25, 0.3) is 5.91 Å². The van der Waals surface area contributed by atoms with E-state index in [1.165, 1.54) is 12.0 Å². The first kappa shape index (κ1) is 14.0. The van der Waals surface area contributed by atoms with Crippen molar-refractivity contribution in [1.82, 2.24) is 20.0 Å². The van der Waals surface area contributed by atoms with Crippen LogP contribution in [-0.2, 0) is 16.1 Å². The zero-order valence-corrected chi connectivity index (χ0v) is 12.3. The van der Waals surface area contributed by atoms with Crippen LogP contribution in [0.1, 0.15) is 6.92 Å². The Balaban J connectivity index is 2.01. The molecule has 2 rings (SSSR count). The van der Waals surface area contributed by atoms with Crippen molar-refractivity contribution in [3.63, 3.8) is 0 Å². The van der Waals surface area contributed by atoms with Gasteiger partial charge < -0.3 is 10.1 Å². The highest BCUT2D eigenvalue weighted by Gasteiger charge is 2.47. The molecule has 0 radical (unpaired) electrons. The molecule has 2 heterocycles. The molecule has 1 atom stereocenters. The third-order valence-corrected chi connectivity index (χ3v) is 3.34. The number of nitrogens with one attached hydrogen (secondary N) is 1. The minimum Gasteiger partial charge on any atom is -0.382 e. The summed E-state index contributed by atoms with van der Waals surface area (Å²) in [4.78, 5) is 25.2. The van der Waals surface area contributed by atoms with Crippen LogP contribution in [0, 0.1) is 0 Å². The molecule has 1 N–H and O–H groups in total. The van der Waals surface area contributed by atoms with Crippen molar-refractivity contribution in [3.8, 4) is 0 Å². The van der Waals surface area contributed by atoms with Crippen molar-refractivity contribution in [2.75, 3.05) is 20.3 Å². The first-order valence-electron chi connectivity index (χ1n) is 5.77. The molecule has 1 saturated heterocycles. The molecule has 1 aromatic rings. The molecular formula is C11H15BrN4O3. The Morgan fingerprint density at radius 1 is 1.47 bits per heavy atom. The van der Waals surface area contributed by atoms with Crippen LogP contribution in [0.2, 0.25) is 0 Å². The third-order valence-electron chi connectivity index (χ3n) is 2.93. The van der Waals surface area contributed by atoms with Crippen molar-refractivity contribution in [2.24, 2.45) is 0 Å². The van der Waals surface area contributed by atoms with E-state index in [1.54, 1.807) is 24.0 Å². The summed E-state index contributed by atoms with van der Waals surface area (Å²) in [5, 5.41) is 6.72. The van der Waals surface area contributed by atoms with Gasteiger partial charge in [-0.2, -0.15) is 5.10 Å². The SMILES string of the molecule is COCC1(C)NC(=O)N(CCn2cc(Br)cn2)C1=O. The Kier molecular flexibility index (Phi) is 3.91. The number of carbonyl (C=O) groups excluding carboxylic acids is 2. The fourth-order valence-corrected chi connectivity index (χ4v) is 2.33. The van der Waals surface area contributed by atoms with E-state index >= 15 is 0 Å². The van der Waals surface area contributed by atoms with Crippen molar-refractivity contribution >= 4 is 27.9 Å². The van der Waals surface area contributed by atoms with Crippen LogP contribution in [0.25, 0.3) is 0 Å². The van der Waals surface area contributed by atoms with Gasteiger partial charge in [0, 0.05) is 13.3 Å². The van der Waals surface area contributed by atoms with Crippen molar-refractivity contribution in [2.45, 2.75) is 19.0 Å². The number of amides is 3. The van der Waals surface area contributed by atoms with Crippen LogP contribution in [-0.4, -0.2) is 52.4 Å². The number of hydrogen-bond donors (Lipinski definition) is 1. The highest BCUT2D eigenvalue weighted by Crippen LogP contribution is 2.18. The van der Waals surface area contributed by atoms with Crippen LogP contribution in [0.15, 0.2) is 16.9 Å². The highest BCUT2D eigenvalue weighted by atomic mass is 79.9. The van der Waals surface area contributed by atoms with Crippen LogP contribution in [0.5, 0.6) is 0 Å². The van der Waals surface area contributed by atoms with Crippen LogP contribution in [0.3, 0.4) is 0 Å². The fourth-order valence-electron chi connectivity index (χ4n) is 2.00. The minimum atomic E-state index is -0.976.